The minimum Gasteiger partial charge on any atom is -0.481 e. The molecule has 10 nitrogen and oxygen atoms in total. The van der Waals surface area contributed by atoms with Crippen LogP contribution in [0.3, 0.4) is 0 Å². The van der Waals surface area contributed by atoms with Crippen molar-refractivity contribution in [3.05, 3.63) is 76.2 Å². The molecule has 1 unspecified atom stereocenters. The van der Waals surface area contributed by atoms with Gasteiger partial charge < -0.3 is 10.0 Å². The minimum atomic E-state index is -1.10. The summed E-state index contributed by atoms with van der Waals surface area (Å²) in [4.78, 5) is 44.1. The molecule has 0 aliphatic carbocycles. The van der Waals surface area contributed by atoms with Crippen molar-refractivity contribution < 1.29 is 14.7 Å². The monoisotopic (exact) mass is 506 g/mol. The number of thioether (sulfide) groups is 1. The van der Waals surface area contributed by atoms with E-state index >= 15 is 0 Å². The fourth-order valence-electron chi connectivity index (χ4n) is 3.69. The first kappa shape index (κ1) is 25.0. The smallest absolute Gasteiger partial charge is 0.305 e. The third kappa shape index (κ3) is 4.96. The number of nitrogens with zero attached hydrogens (tertiary/aromatic N) is 6. The summed E-state index contributed by atoms with van der Waals surface area (Å²) in [5.74, 6) is -1.60. The molecule has 1 fully saturated rings. The van der Waals surface area contributed by atoms with E-state index in [1.807, 2.05) is 73.6 Å². The van der Waals surface area contributed by atoms with Crippen molar-refractivity contribution >= 4 is 46.4 Å². The second-order valence-electron chi connectivity index (χ2n) is 8.39. The van der Waals surface area contributed by atoms with Crippen molar-refractivity contribution in [2.24, 2.45) is 17.1 Å². The number of amidine groups is 1. The number of hydrogen-bond donors (Lipinski definition) is 1. The molecule has 1 aliphatic heterocycles. The Balaban J connectivity index is 1.73. The van der Waals surface area contributed by atoms with Gasteiger partial charge in [0.2, 0.25) is 0 Å². The van der Waals surface area contributed by atoms with E-state index in [0.717, 1.165) is 28.0 Å². The van der Waals surface area contributed by atoms with Crippen LogP contribution < -0.4 is 10.5 Å². The van der Waals surface area contributed by atoms with E-state index in [9.17, 15) is 19.5 Å². The highest BCUT2D eigenvalue weighted by Crippen LogP contribution is 2.32. The highest BCUT2D eigenvalue weighted by molar-refractivity contribution is 8.15. The van der Waals surface area contributed by atoms with E-state index in [4.69, 9.17) is 0 Å². The molecule has 0 spiro atoms. The van der Waals surface area contributed by atoms with Crippen molar-refractivity contribution in [1.82, 2.24) is 14.4 Å². The Bertz CT molecular complexity index is 1410. The maximum absolute atomic E-state index is 13.3. The summed E-state index contributed by atoms with van der Waals surface area (Å²) >= 11 is 0.988. The molecule has 1 atom stereocenters. The Morgan fingerprint density at radius 2 is 1.78 bits per heavy atom. The van der Waals surface area contributed by atoms with E-state index in [0.29, 0.717) is 11.4 Å². The summed E-state index contributed by atoms with van der Waals surface area (Å²) in [5.41, 5.74) is 2.83. The molecule has 0 saturated carbocycles. The highest BCUT2D eigenvalue weighted by Gasteiger charge is 2.40. The lowest BCUT2D eigenvalue weighted by Gasteiger charge is -2.12. The second kappa shape index (κ2) is 10.2. The number of benzene rings is 2. The standard InChI is InChI=1S/C25H26N6O4S/c1-16-22(24(35)31(29(16)4)19-8-6-5-7-9-19)27-25-30(23(34)20(36-25)14-21(32)33)26-15-17-10-12-18(13-11-17)28(2)3/h5-13,15,20H,14H2,1-4H3,(H,32,33)/b26-15+,27-25?. The van der Waals surface area contributed by atoms with Crippen LogP contribution >= 0.6 is 11.8 Å². The van der Waals surface area contributed by atoms with Crippen LogP contribution in [0, 0.1) is 6.92 Å². The largest absolute Gasteiger partial charge is 0.481 e. The van der Waals surface area contributed by atoms with Crippen LogP contribution in [0.4, 0.5) is 11.4 Å². The zero-order valence-electron chi connectivity index (χ0n) is 20.3. The SMILES string of the molecule is Cc1c(N=C2SC(CC(=O)O)C(=O)N2/N=C/c2ccc(N(C)C)cc2)c(=O)n(-c2ccccc2)n1C. The average Bonchev–Trinajstić information content (AvgIpc) is 3.25. The fourth-order valence-corrected chi connectivity index (χ4v) is 4.75. The van der Waals surface area contributed by atoms with Gasteiger partial charge in [-0.2, -0.15) is 10.1 Å². The van der Waals surface area contributed by atoms with Crippen LogP contribution in [0.2, 0.25) is 0 Å². The van der Waals surface area contributed by atoms with Crippen LogP contribution in [0.25, 0.3) is 5.69 Å². The van der Waals surface area contributed by atoms with Crippen LogP contribution in [-0.2, 0) is 16.6 Å². The first-order valence-corrected chi connectivity index (χ1v) is 12.0. The molecule has 1 saturated heterocycles. The molecule has 1 aromatic heterocycles. The van der Waals surface area contributed by atoms with E-state index < -0.39 is 17.1 Å². The Morgan fingerprint density at radius 1 is 1.11 bits per heavy atom. The molecule has 2 heterocycles. The summed E-state index contributed by atoms with van der Waals surface area (Å²) in [7, 11) is 5.62. The van der Waals surface area contributed by atoms with Crippen LogP contribution in [0.5, 0.6) is 0 Å². The number of carbonyl (C=O) groups is 2. The van der Waals surface area contributed by atoms with Crippen LogP contribution in [0.1, 0.15) is 17.7 Å². The molecule has 186 valence electrons. The van der Waals surface area contributed by atoms with Gasteiger partial charge in [0.25, 0.3) is 11.5 Å². The molecule has 4 rings (SSSR count). The van der Waals surface area contributed by atoms with Crippen molar-refractivity contribution in [3.63, 3.8) is 0 Å². The van der Waals surface area contributed by atoms with Gasteiger partial charge in [-0.05, 0) is 36.8 Å². The van der Waals surface area contributed by atoms with E-state index in [1.165, 1.54) is 10.9 Å². The number of aliphatic imine (C=N–C) groups is 1. The van der Waals surface area contributed by atoms with Gasteiger partial charge in [-0.3, -0.25) is 19.1 Å². The zero-order valence-corrected chi connectivity index (χ0v) is 21.1. The summed E-state index contributed by atoms with van der Waals surface area (Å²) in [5, 5.41) is 13.9. The Kier molecular flexibility index (Phi) is 7.11. The molecule has 0 bridgehead atoms. The van der Waals surface area contributed by atoms with Gasteiger partial charge in [0.1, 0.15) is 5.25 Å². The van der Waals surface area contributed by atoms with Crippen molar-refractivity contribution in [2.75, 3.05) is 19.0 Å². The molecular weight excluding hydrogens is 480 g/mol. The number of carboxylic acids is 1. The average molecular weight is 507 g/mol. The van der Waals surface area contributed by atoms with Crippen molar-refractivity contribution in [2.45, 2.75) is 18.6 Å². The van der Waals surface area contributed by atoms with Gasteiger partial charge in [0.15, 0.2) is 10.9 Å². The van der Waals surface area contributed by atoms with E-state index in [2.05, 4.69) is 10.1 Å². The first-order chi connectivity index (χ1) is 17.2. The van der Waals surface area contributed by atoms with Gasteiger partial charge in [0, 0.05) is 26.8 Å². The molecule has 3 aromatic rings. The number of hydrogen-bond acceptors (Lipinski definition) is 7. The number of anilines is 1. The van der Waals surface area contributed by atoms with Crippen LogP contribution in [-0.4, -0.2) is 62.1 Å². The molecule has 2 aromatic carbocycles. The van der Waals surface area contributed by atoms with E-state index in [1.54, 1.807) is 18.7 Å². The number of carboxylic acid groups (broad SMARTS) is 1. The van der Waals surface area contributed by atoms with Gasteiger partial charge in [-0.15, -0.1) is 0 Å². The molecule has 0 radical (unpaired) electrons. The number of aliphatic carboxylic acids is 1. The first-order valence-electron chi connectivity index (χ1n) is 11.1. The lowest BCUT2D eigenvalue weighted by atomic mass is 10.2. The molecule has 1 N–H and O–H groups in total. The normalized spacial score (nSPS) is 16.9. The minimum absolute atomic E-state index is 0.151. The number of carbonyl (C=O) groups excluding carboxylic acids is 1. The third-order valence-corrected chi connectivity index (χ3v) is 6.86. The molecular formula is C25H26N6O4S. The molecule has 1 aliphatic rings. The van der Waals surface area contributed by atoms with Crippen molar-refractivity contribution in [3.8, 4) is 5.69 Å². The maximum atomic E-state index is 13.3. The van der Waals surface area contributed by atoms with E-state index in [-0.39, 0.29) is 22.8 Å². The molecule has 36 heavy (non-hydrogen) atoms. The lowest BCUT2D eigenvalue weighted by molar-refractivity contribution is -0.139. The topological polar surface area (TPSA) is 112 Å². The second-order valence-corrected chi connectivity index (χ2v) is 9.56. The predicted octanol–water partition coefficient (Wildman–Crippen LogP) is 2.99. The highest BCUT2D eigenvalue weighted by atomic mass is 32.2. The number of hydrazone groups is 1. The zero-order chi connectivity index (χ0) is 26.0. The number of amides is 1. The van der Waals surface area contributed by atoms with Gasteiger partial charge >= 0.3 is 5.97 Å². The summed E-state index contributed by atoms with van der Waals surface area (Å²) in [6.07, 6.45) is 1.13. The summed E-state index contributed by atoms with van der Waals surface area (Å²) in [6.45, 7) is 1.76. The van der Waals surface area contributed by atoms with Crippen LogP contribution in [0.15, 0.2) is 69.5 Å². The summed E-state index contributed by atoms with van der Waals surface area (Å²) in [6, 6.07) is 16.7. The molecule has 11 heteroatoms. The fraction of sp³-hybridized carbons (Fsp3) is 0.240. The Labute approximate surface area is 212 Å². The quantitative estimate of drug-likeness (QED) is 0.493. The predicted molar refractivity (Wildman–Crippen MR) is 142 cm³/mol. The third-order valence-electron chi connectivity index (χ3n) is 5.74. The van der Waals surface area contributed by atoms with Gasteiger partial charge in [-0.25, -0.2) is 9.67 Å². The maximum Gasteiger partial charge on any atom is 0.305 e. The summed E-state index contributed by atoms with van der Waals surface area (Å²) < 4.78 is 3.18. The molecule has 1 amide bonds. The van der Waals surface area contributed by atoms with Gasteiger partial charge in [-0.1, -0.05) is 42.1 Å². The number of para-hydroxylation sites is 1. The van der Waals surface area contributed by atoms with Crippen molar-refractivity contribution in [1.29, 1.82) is 0 Å². The number of aromatic nitrogens is 2. The lowest BCUT2D eigenvalue weighted by Crippen LogP contribution is -2.28. The number of rotatable bonds is 7. The Hall–Kier alpha value is -4.12. The van der Waals surface area contributed by atoms with Gasteiger partial charge in [0.05, 0.1) is 24.0 Å². The Morgan fingerprint density at radius 3 is 2.39 bits per heavy atom.